The van der Waals surface area contributed by atoms with Crippen molar-refractivity contribution in [3.8, 4) is 10.6 Å². The van der Waals surface area contributed by atoms with E-state index in [4.69, 9.17) is 0 Å². The summed E-state index contributed by atoms with van der Waals surface area (Å²) in [5, 5.41) is 9.41. The van der Waals surface area contributed by atoms with Gasteiger partial charge in [-0.1, -0.05) is 30.3 Å². The van der Waals surface area contributed by atoms with Gasteiger partial charge in [0.25, 0.3) is 11.8 Å². The second kappa shape index (κ2) is 9.30. The van der Waals surface area contributed by atoms with Crippen LogP contribution in [0.15, 0.2) is 52.5 Å². The molecule has 1 aliphatic rings. The molecule has 8 heteroatoms. The highest BCUT2D eigenvalue weighted by Gasteiger charge is 2.24. The molecule has 1 fully saturated rings. The van der Waals surface area contributed by atoms with Gasteiger partial charge in [0.15, 0.2) is 0 Å². The molecule has 1 aromatic carbocycles. The quantitative estimate of drug-likeness (QED) is 0.658. The van der Waals surface area contributed by atoms with E-state index in [9.17, 15) is 9.59 Å². The normalized spacial score (nSPS) is 14.7. The lowest BCUT2D eigenvalue weighted by atomic mass is 10.2. The highest BCUT2D eigenvalue weighted by Crippen LogP contribution is 2.24. The Balaban J connectivity index is 1.24. The van der Waals surface area contributed by atoms with Crippen LogP contribution >= 0.6 is 22.7 Å². The highest BCUT2D eigenvalue weighted by atomic mass is 32.1. The maximum absolute atomic E-state index is 12.8. The van der Waals surface area contributed by atoms with Gasteiger partial charge in [-0.25, -0.2) is 4.98 Å². The third-order valence-corrected chi connectivity index (χ3v) is 6.48. The molecular formula is C21H22N4O2S2. The van der Waals surface area contributed by atoms with Crippen LogP contribution in [0.1, 0.15) is 20.8 Å². The smallest absolute Gasteiger partial charge is 0.273 e. The molecule has 2 aromatic heterocycles. The van der Waals surface area contributed by atoms with Crippen LogP contribution in [0.4, 0.5) is 0 Å². The number of thiazole rings is 1. The van der Waals surface area contributed by atoms with Gasteiger partial charge >= 0.3 is 0 Å². The maximum atomic E-state index is 12.8. The number of benzene rings is 1. The Morgan fingerprint density at radius 1 is 1.03 bits per heavy atom. The Morgan fingerprint density at radius 2 is 1.83 bits per heavy atom. The molecule has 0 radical (unpaired) electrons. The second-order valence-corrected chi connectivity index (χ2v) is 8.44. The van der Waals surface area contributed by atoms with Gasteiger partial charge in [-0.3, -0.25) is 14.5 Å². The number of nitrogens with one attached hydrogen (secondary N) is 1. The lowest BCUT2D eigenvalue weighted by Gasteiger charge is -2.34. The van der Waals surface area contributed by atoms with Crippen molar-refractivity contribution < 1.29 is 9.59 Å². The van der Waals surface area contributed by atoms with Crippen LogP contribution in [0.2, 0.25) is 0 Å². The Hall–Kier alpha value is -2.55. The minimum absolute atomic E-state index is 0.00570. The van der Waals surface area contributed by atoms with E-state index >= 15 is 0 Å². The first-order valence-electron chi connectivity index (χ1n) is 9.54. The van der Waals surface area contributed by atoms with Crippen LogP contribution in [0.5, 0.6) is 0 Å². The fourth-order valence-corrected chi connectivity index (χ4v) is 4.68. The molecule has 150 valence electrons. The molecule has 1 saturated heterocycles. The fraction of sp³-hybridized carbons (Fsp3) is 0.286. The van der Waals surface area contributed by atoms with Gasteiger partial charge in [0.1, 0.15) is 10.7 Å². The second-order valence-electron chi connectivity index (χ2n) is 6.81. The fourth-order valence-electron chi connectivity index (χ4n) is 3.25. The van der Waals surface area contributed by atoms with Gasteiger partial charge in [-0.15, -0.1) is 11.3 Å². The Kier molecular flexibility index (Phi) is 6.33. The van der Waals surface area contributed by atoms with E-state index < -0.39 is 0 Å². The van der Waals surface area contributed by atoms with Crippen molar-refractivity contribution >= 4 is 34.5 Å². The molecule has 0 unspecified atom stereocenters. The molecule has 3 aromatic rings. The molecule has 1 N–H and O–H groups in total. The van der Waals surface area contributed by atoms with Gasteiger partial charge in [0.2, 0.25) is 0 Å². The van der Waals surface area contributed by atoms with E-state index in [0.717, 1.165) is 30.2 Å². The summed E-state index contributed by atoms with van der Waals surface area (Å²) >= 11 is 3.02. The van der Waals surface area contributed by atoms with Crippen molar-refractivity contribution in [3.63, 3.8) is 0 Å². The molecule has 3 heterocycles. The standard InChI is InChI=1S/C21H22N4O2S2/c26-19(17-6-13-28-14-17)22-7-8-24-9-11-25(12-10-24)21(27)18-15-29-20(23-18)16-4-2-1-3-5-16/h1-6,13-15H,7-12H2,(H,22,26). The van der Waals surface area contributed by atoms with Crippen LogP contribution in [0.25, 0.3) is 10.6 Å². The molecule has 29 heavy (non-hydrogen) atoms. The van der Waals surface area contributed by atoms with Gasteiger partial charge < -0.3 is 10.2 Å². The van der Waals surface area contributed by atoms with E-state index in [1.807, 2.05) is 57.4 Å². The predicted octanol–water partition coefficient (Wildman–Crippen LogP) is 3.06. The Bertz CT molecular complexity index is 948. The zero-order chi connectivity index (χ0) is 20.1. The van der Waals surface area contributed by atoms with Crippen LogP contribution in [-0.4, -0.2) is 65.9 Å². The van der Waals surface area contributed by atoms with Crippen molar-refractivity contribution in [2.45, 2.75) is 0 Å². The topological polar surface area (TPSA) is 65.5 Å². The van der Waals surface area contributed by atoms with Gasteiger partial charge in [-0.2, -0.15) is 11.3 Å². The summed E-state index contributed by atoms with van der Waals surface area (Å²) in [7, 11) is 0. The van der Waals surface area contributed by atoms with Crippen molar-refractivity contribution in [2.24, 2.45) is 0 Å². The van der Waals surface area contributed by atoms with E-state index in [2.05, 4.69) is 15.2 Å². The Morgan fingerprint density at radius 3 is 2.55 bits per heavy atom. The molecule has 0 bridgehead atoms. The van der Waals surface area contributed by atoms with Crippen molar-refractivity contribution in [1.82, 2.24) is 20.1 Å². The molecule has 1 aliphatic heterocycles. The van der Waals surface area contributed by atoms with Crippen molar-refractivity contribution in [3.05, 3.63) is 63.8 Å². The van der Waals surface area contributed by atoms with Crippen molar-refractivity contribution in [1.29, 1.82) is 0 Å². The van der Waals surface area contributed by atoms with Crippen molar-refractivity contribution in [2.75, 3.05) is 39.3 Å². The molecule has 6 nitrogen and oxygen atoms in total. The molecule has 0 saturated carbocycles. The number of piperazine rings is 1. The van der Waals surface area contributed by atoms with Crippen LogP contribution < -0.4 is 5.32 Å². The SMILES string of the molecule is O=C(NCCN1CCN(C(=O)c2csc(-c3ccccc3)n2)CC1)c1ccsc1. The molecule has 4 rings (SSSR count). The summed E-state index contributed by atoms with van der Waals surface area (Å²) < 4.78 is 0. The monoisotopic (exact) mass is 426 g/mol. The predicted molar refractivity (Wildman–Crippen MR) is 117 cm³/mol. The maximum Gasteiger partial charge on any atom is 0.273 e. The summed E-state index contributed by atoms with van der Waals surface area (Å²) in [6.45, 7) is 4.35. The zero-order valence-electron chi connectivity index (χ0n) is 15.9. The molecule has 0 aliphatic carbocycles. The first-order valence-corrected chi connectivity index (χ1v) is 11.4. The molecule has 0 spiro atoms. The number of nitrogens with zero attached hydrogens (tertiary/aromatic N) is 3. The van der Waals surface area contributed by atoms with Crippen LogP contribution in [0, 0.1) is 0 Å². The molecule has 0 atom stereocenters. The number of carbonyl (C=O) groups is 2. The minimum atomic E-state index is -0.0298. The van der Waals surface area contributed by atoms with E-state index in [0.29, 0.717) is 30.9 Å². The van der Waals surface area contributed by atoms with Crippen LogP contribution in [0.3, 0.4) is 0 Å². The largest absolute Gasteiger partial charge is 0.351 e. The number of carbonyl (C=O) groups excluding carboxylic acids is 2. The summed E-state index contributed by atoms with van der Waals surface area (Å²) in [6, 6.07) is 11.7. The van der Waals surface area contributed by atoms with Crippen LogP contribution in [-0.2, 0) is 0 Å². The third kappa shape index (κ3) is 4.90. The number of thiophene rings is 1. The Labute approximate surface area is 177 Å². The lowest BCUT2D eigenvalue weighted by molar-refractivity contribution is 0.0633. The minimum Gasteiger partial charge on any atom is -0.351 e. The van der Waals surface area contributed by atoms with Gasteiger partial charge in [0, 0.05) is 61.2 Å². The summed E-state index contributed by atoms with van der Waals surface area (Å²) in [5.74, 6) is -0.0355. The first kappa shape index (κ1) is 19.8. The summed E-state index contributed by atoms with van der Waals surface area (Å²) in [4.78, 5) is 33.4. The first-order chi connectivity index (χ1) is 14.2. The number of hydrogen-bond donors (Lipinski definition) is 1. The zero-order valence-corrected chi connectivity index (χ0v) is 17.5. The summed E-state index contributed by atoms with van der Waals surface area (Å²) in [6.07, 6.45) is 0. The molecule has 2 amide bonds. The average molecular weight is 427 g/mol. The average Bonchev–Trinajstić information content (AvgIpc) is 3.47. The third-order valence-electron chi connectivity index (χ3n) is 4.90. The number of amides is 2. The number of hydrogen-bond acceptors (Lipinski definition) is 6. The van der Waals surface area contributed by atoms with Gasteiger partial charge in [0.05, 0.1) is 0 Å². The lowest BCUT2D eigenvalue weighted by Crippen LogP contribution is -2.50. The highest BCUT2D eigenvalue weighted by molar-refractivity contribution is 7.13. The van der Waals surface area contributed by atoms with E-state index in [1.54, 1.807) is 0 Å². The van der Waals surface area contributed by atoms with E-state index in [-0.39, 0.29) is 11.8 Å². The summed E-state index contributed by atoms with van der Waals surface area (Å²) in [5.41, 5.74) is 2.26. The van der Waals surface area contributed by atoms with Gasteiger partial charge in [-0.05, 0) is 11.4 Å². The number of aromatic nitrogens is 1. The van der Waals surface area contributed by atoms with E-state index in [1.165, 1.54) is 22.7 Å². The molecular weight excluding hydrogens is 404 g/mol. The number of rotatable bonds is 6.